The number of aryl methyl sites for hydroxylation is 2. The van der Waals surface area contributed by atoms with Gasteiger partial charge in [0.05, 0.1) is 36.3 Å². The lowest BCUT2D eigenvalue weighted by atomic mass is 9.99. The molecule has 7 nitrogen and oxygen atoms in total. The number of likely N-dealkylation sites (tertiary alicyclic amines) is 1. The Labute approximate surface area is 136 Å². The van der Waals surface area contributed by atoms with Crippen molar-refractivity contribution in [2.24, 2.45) is 0 Å². The highest BCUT2D eigenvalue weighted by atomic mass is 16.5. The lowest BCUT2D eigenvalue weighted by molar-refractivity contribution is -0.0670. The molecule has 7 heteroatoms. The predicted molar refractivity (Wildman–Crippen MR) is 84.9 cm³/mol. The van der Waals surface area contributed by atoms with Gasteiger partial charge in [0.15, 0.2) is 0 Å². The van der Waals surface area contributed by atoms with E-state index in [9.17, 15) is 0 Å². The van der Waals surface area contributed by atoms with E-state index in [0.29, 0.717) is 6.61 Å². The summed E-state index contributed by atoms with van der Waals surface area (Å²) >= 11 is 0. The van der Waals surface area contributed by atoms with E-state index in [0.717, 1.165) is 44.0 Å². The second-order valence-corrected chi connectivity index (χ2v) is 6.58. The molecule has 0 aromatic carbocycles. The molecule has 0 amide bonds. The van der Waals surface area contributed by atoms with Crippen LogP contribution in [0.5, 0.6) is 0 Å². The molecule has 2 aromatic heterocycles. The molecular formula is C16H24N6O. The van der Waals surface area contributed by atoms with Gasteiger partial charge < -0.3 is 4.74 Å². The molecule has 2 aliphatic rings. The smallest absolute Gasteiger partial charge is 0.0930 e. The fraction of sp³-hybridized carbons (Fsp3) is 0.688. The van der Waals surface area contributed by atoms with E-state index in [2.05, 4.69) is 50.4 Å². The molecular weight excluding hydrogens is 292 g/mol. The van der Waals surface area contributed by atoms with E-state index in [1.165, 1.54) is 11.3 Å². The Bertz CT molecular complexity index is 705. The van der Waals surface area contributed by atoms with Crippen LogP contribution in [0.25, 0.3) is 0 Å². The zero-order chi connectivity index (χ0) is 16.0. The molecule has 0 unspecified atom stereocenters. The van der Waals surface area contributed by atoms with Crippen LogP contribution in [0.2, 0.25) is 0 Å². The van der Waals surface area contributed by atoms with Crippen LogP contribution in [-0.4, -0.2) is 48.9 Å². The topological polar surface area (TPSA) is 61.0 Å². The van der Waals surface area contributed by atoms with Crippen LogP contribution < -0.4 is 0 Å². The van der Waals surface area contributed by atoms with Crippen LogP contribution in [0.1, 0.15) is 42.0 Å². The molecule has 0 aliphatic carbocycles. The maximum Gasteiger partial charge on any atom is 0.0930 e. The number of ether oxygens (including phenoxy) is 1. The van der Waals surface area contributed by atoms with Crippen LogP contribution >= 0.6 is 0 Å². The predicted octanol–water partition coefficient (Wildman–Crippen LogP) is 1.46. The summed E-state index contributed by atoms with van der Waals surface area (Å²) in [5, 5.41) is 13.0. The van der Waals surface area contributed by atoms with Gasteiger partial charge in [0, 0.05) is 37.4 Å². The Balaban J connectivity index is 1.53. The molecule has 4 rings (SSSR count). The van der Waals surface area contributed by atoms with E-state index < -0.39 is 0 Å². The summed E-state index contributed by atoms with van der Waals surface area (Å²) in [6.45, 7) is 10.9. The average Bonchev–Trinajstić information content (AvgIpc) is 3.14. The SMILES string of the molecule is CCn1nc(C)c(CN2CC[C@@H]3OCc4cnnn4[C@@H]3C2)c1C. The largest absolute Gasteiger partial charge is 0.370 e. The van der Waals surface area contributed by atoms with Crippen molar-refractivity contribution < 1.29 is 4.74 Å². The minimum Gasteiger partial charge on any atom is -0.370 e. The second kappa shape index (κ2) is 5.72. The zero-order valence-electron chi connectivity index (χ0n) is 14.1. The van der Waals surface area contributed by atoms with Crippen molar-refractivity contribution >= 4 is 0 Å². The lowest BCUT2D eigenvalue weighted by Gasteiger charge is -2.41. The first-order valence-corrected chi connectivity index (χ1v) is 8.43. The molecule has 0 bridgehead atoms. The van der Waals surface area contributed by atoms with Crippen LogP contribution in [0.15, 0.2) is 6.20 Å². The number of piperidine rings is 1. The minimum atomic E-state index is 0.265. The summed E-state index contributed by atoms with van der Waals surface area (Å²) < 4.78 is 10.1. The maximum absolute atomic E-state index is 5.99. The van der Waals surface area contributed by atoms with Crippen LogP contribution in [0, 0.1) is 13.8 Å². The number of nitrogens with zero attached hydrogens (tertiary/aromatic N) is 6. The monoisotopic (exact) mass is 316 g/mol. The van der Waals surface area contributed by atoms with Crippen molar-refractivity contribution in [1.29, 1.82) is 0 Å². The maximum atomic E-state index is 5.99. The molecule has 0 spiro atoms. The van der Waals surface area contributed by atoms with Crippen molar-refractivity contribution in [2.45, 2.75) is 59.0 Å². The summed E-state index contributed by atoms with van der Waals surface area (Å²) in [6, 6.07) is 0.275. The standard InChI is InChI=1S/C16H24N6O/c1-4-21-12(3)14(11(2)18-21)8-20-6-5-16-15(9-20)22-13(10-23-16)7-17-19-22/h7,15-16H,4-6,8-10H2,1-3H3/t15-,16+/m1/s1. The van der Waals surface area contributed by atoms with Crippen molar-refractivity contribution in [2.75, 3.05) is 13.1 Å². The van der Waals surface area contributed by atoms with Crippen LogP contribution in [0.3, 0.4) is 0 Å². The molecule has 0 radical (unpaired) electrons. The molecule has 1 fully saturated rings. The van der Waals surface area contributed by atoms with Crippen molar-refractivity contribution in [3.05, 3.63) is 28.8 Å². The molecule has 2 atom stereocenters. The molecule has 0 N–H and O–H groups in total. The first-order valence-electron chi connectivity index (χ1n) is 8.43. The van der Waals surface area contributed by atoms with Crippen LogP contribution in [-0.2, 0) is 24.4 Å². The summed E-state index contributed by atoms with van der Waals surface area (Å²) in [5.41, 5.74) is 4.88. The lowest BCUT2D eigenvalue weighted by Crippen LogP contribution is -2.47. The van der Waals surface area contributed by atoms with Gasteiger partial charge in [-0.05, 0) is 27.2 Å². The van der Waals surface area contributed by atoms with Gasteiger partial charge in [-0.2, -0.15) is 5.10 Å². The molecule has 0 saturated carbocycles. The molecule has 4 heterocycles. The number of hydrogen-bond acceptors (Lipinski definition) is 5. The molecule has 2 aromatic rings. The highest BCUT2D eigenvalue weighted by Gasteiger charge is 2.36. The van der Waals surface area contributed by atoms with Gasteiger partial charge in [-0.3, -0.25) is 9.58 Å². The zero-order valence-corrected chi connectivity index (χ0v) is 14.1. The van der Waals surface area contributed by atoms with Crippen molar-refractivity contribution in [1.82, 2.24) is 29.7 Å². The van der Waals surface area contributed by atoms with E-state index >= 15 is 0 Å². The summed E-state index contributed by atoms with van der Waals surface area (Å²) in [6.07, 6.45) is 3.12. The van der Waals surface area contributed by atoms with Gasteiger partial charge >= 0.3 is 0 Å². The third kappa shape index (κ3) is 2.48. The quantitative estimate of drug-likeness (QED) is 0.858. The summed E-state index contributed by atoms with van der Waals surface area (Å²) in [4.78, 5) is 2.50. The molecule has 124 valence electrons. The van der Waals surface area contributed by atoms with E-state index in [1.54, 1.807) is 0 Å². The number of hydrogen-bond donors (Lipinski definition) is 0. The van der Waals surface area contributed by atoms with Gasteiger partial charge in [0.1, 0.15) is 0 Å². The second-order valence-electron chi connectivity index (χ2n) is 6.58. The Morgan fingerprint density at radius 1 is 1.35 bits per heavy atom. The molecule has 2 aliphatic heterocycles. The van der Waals surface area contributed by atoms with E-state index in [4.69, 9.17) is 4.74 Å². The number of rotatable bonds is 3. The highest BCUT2D eigenvalue weighted by Crippen LogP contribution is 2.31. The summed E-state index contributed by atoms with van der Waals surface area (Å²) in [7, 11) is 0. The third-order valence-corrected chi connectivity index (χ3v) is 5.23. The van der Waals surface area contributed by atoms with E-state index in [1.807, 2.05) is 6.20 Å². The fourth-order valence-corrected chi connectivity index (χ4v) is 3.88. The van der Waals surface area contributed by atoms with E-state index in [-0.39, 0.29) is 12.1 Å². The first kappa shape index (κ1) is 14.8. The first-order chi connectivity index (χ1) is 11.2. The Morgan fingerprint density at radius 2 is 2.22 bits per heavy atom. The number of aromatic nitrogens is 5. The molecule has 23 heavy (non-hydrogen) atoms. The van der Waals surface area contributed by atoms with Gasteiger partial charge in [-0.1, -0.05) is 5.21 Å². The Kier molecular flexibility index (Phi) is 3.69. The normalized spacial score (nSPS) is 24.5. The number of fused-ring (bicyclic) bond motifs is 3. The van der Waals surface area contributed by atoms with Gasteiger partial charge in [0.25, 0.3) is 0 Å². The van der Waals surface area contributed by atoms with Gasteiger partial charge in [0.2, 0.25) is 0 Å². The van der Waals surface area contributed by atoms with Crippen molar-refractivity contribution in [3.8, 4) is 0 Å². The third-order valence-electron chi connectivity index (χ3n) is 5.23. The average molecular weight is 316 g/mol. The van der Waals surface area contributed by atoms with Gasteiger partial charge in [-0.15, -0.1) is 5.10 Å². The highest BCUT2D eigenvalue weighted by molar-refractivity contribution is 5.24. The van der Waals surface area contributed by atoms with Crippen molar-refractivity contribution in [3.63, 3.8) is 0 Å². The fourth-order valence-electron chi connectivity index (χ4n) is 3.88. The summed E-state index contributed by atoms with van der Waals surface area (Å²) in [5.74, 6) is 0. The Morgan fingerprint density at radius 3 is 3.00 bits per heavy atom. The Hall–Kier alpha value is -1.73. The molecule has 1 saturated heterocycles. The van der Waals surface area contributed by atoms with Gasteiger partial charge in [-0.25, -0.2) is 4.68 Å². The van der Waals surface area contributed by atoms with Crippen LogP contribution in [0.4, 0.5) is 0 Å². The minimum absolute atomic E-state index is 0.265.